The second kappa shape index (κ2) is 6.53. The number of hydroxylamine groups is 1. The van der Waals surface area contributed by atoms with Crippen molar-refractivity contribution in [2.45, 2.75) is 6.17 Å². The maximum atomic E-state index is 13.0. The van der Waals surface area contributed by atoms with Gasteiger partial charge in [0.05, 0.1) is 0 Å². The van der Waals surface area contributed by atoms with Gasteiger partial charge in [-0.05, 0) is 18.7 Å². The van der Waals surface area contributed by atoms with E-state index in [4.69, 9.17) is 0 Å². The Balaban J connectivity index is 1.51. The van der Waals surface area contributed by atoms with Crippen LogP contribution in [0.3, 0.4) is 0 Å². The number of hydrogen-bond donors (Lipinski definition) is 2. The van der Waals surface area contributed by atoms with Crippen LogP contribution >= 0.6 is 0 Å². The Morgan fingerprint density at radius 1 is 1.11 bits per heavy atom. The summed E-state index contributed by atoms with van der Waals surface area (Å²) < 4.78 is 0. The van der Waals surface area contributed by atoms with Gasteiger partial charge in [-0.25, -0.2) is 4.98 Å². The van der Waals surface area contributed by atoms with Crippen LogP contribution in [0.1, 0.15) is 0 Å². The Bertz CT molecular complexity index is 862. The molecule has 4 heterocycles. The van der Waals surface area contributed by atoms with Gasteiger partial charge < -0.3 is 25.4 Å². The van der Waals surface area contributed by atoms with E-state index in [9.17, 15) is 5.21 Å². The molecule has 140 valence electrons. The number of quaternary nitrogens is 1. The lowest BCUT2D eigenvalue weighted by Gasteiger charge is -2.38. The molecule has 7 nitrogen and oxygen atoms in total. The molecule has 3 aliphatic heterocycles. The SMILES string of the molecule is CN1CCN(C2=CN3c4nccc(-c5ccccc5)c4[NH+]([O-])CC3N2)CC1. The highest BCUT2D eigenvalue weighted by Gasteiger charge is 2.39. The third kappa shape index (κ3) is 2.84. The first-order valence-electron chi connectivity index (χ1n) is 9.48. The molecule has 0 amide bonds. The number of fused-ring (bicyclic) bond motifs is 3. The van der Waals surface area contributed by atoms with Gasteiger partial charge >= 0.3 is 0 Å². The van der Waals surface area contributed by atoms with E-state index in [0.29, 0.717) is 6.54 Å². The lowest BCUT2D eigenvalue weighted by molar-refractivity contribution is -0.779. The molecule has 0 radical (unpaired) electrons. The Morgan fingerprint density at radius 2 is 1.89 bits per heavy atom. The summed E-state index contributed by atoms with van der Waals surface area (Å²) in [5.41, 5.74) is 2.75. The molecule has 2 aromatic rings. The molecule has 2 N–H and O–H groups in total. The standard InChI is InChI=1S/C20H24N6O/c1-23-9-11-24(12-10-23)17-13-25-18(22-17)14-26(27)19-16(7-8-21-20(19)25)15-5-3-2-4-6-15/h2-8,13,18,22,26H,9-12,14H2,1H3. The summed E-state index contributed by atoms with van der Waals surface area (Å²) in [6.07, 6.45) is 3.89. The van der Waals surface area contributed by atoms with Crippen molar-refractivity contribution < 1.29 is 5.06 Å². The first-order valence-corrected chi connectivity index (χ1v) is 9.48. The summed E-state index contributed by atoms with van der Waals surface area (Å²) in [6, 6.07) is 12.0. The predicted octanol–water partition coefficient (Wildman–Crippen LogP) is 0.558. The van der Waals surface area contributed by atoms with E-state index in [0.717, 1.165) is 54.6 Å². The smallest absolute Gasteiger partial charge is 0.197 e. The molecule has 0 bridgehead atoms. The Labute approximate surface area is 159 Å². The second-order valence-electron chi connectivity index (χ2n) is 7.42. The highest BCUT2D eigenvalue weighted by molar-refractivity contribution is 5.81. The van der Waals surface area contributed by atoms with Gasteiger partial charge in [0, 0.05) is 44.1 Å². The fourth-order valence-corrected chi connectivity index (χ4v) is 4.14. The van der Waals surface area contributed by atoms with E-state index in [1.165, 1.54) is 0 Å². The van der Waals surface area contributed by atoms with E-state index in [-0.39, 0.29) is 11.2 Å². The average molecular weight is 364 g/mol. The maximum absolute atomic E-state index is 13.0. The zero-order valence-corrected chi connectivity index (χ0v) is 15.4. The van der Waals surface area contributed by atoms with Gasteiger partial charge in [0.25, 0.3) is 0 Å². The molecule has 7 heteroatoms. The van der Waals surface area contributed by atoms with E-state index < -0.39 is 0 Å². The van der Waals surface area contributed by atoms with Crippen molar-refractivity contribution in [3.8, 4) is 11.1 Å². The maximum Gasteiger partial charge on any atom is 0.197 e. The molecule has 0 saturated carbocycles. The summed E-state index contributed by atoms with van der Waals surface area (Å²) in [5, 5.41) is 16.7. The zero-order chi connectivity index (χ0) is 18.4. The van der Waals surface area contributed by atoms with Crippen molar-refractivity contribution in [2.75, 3.05) is 44.7 Å². The van der Waals surface area contributed by atoms with Crippen molar-refractivity contribution in [3.63, 3.8) is 0 Å². The van der Waals surface area contributed by atoms with E-state index in [2.05, 4.69) is 38.2 Å². The quantitative estimate of drug-likeness (QED) is 0.760. The number of anilines is 1. The van der Waals surface area contributed by atoms with Gasteiger partial charge in [0.15, 0.2) is 17.7 Å². The minimum absolute atomic E-state index is 0.0434. The summed E-state index contributed by atoms with van der Waals surface area (Å²) in [7, 11) is 2.15. The molecule has 1 saturated heterocycles. The Kier molecular flexibility index (Phi) is 4.00. The van der Waals surface area contributed by atoms with Crippen LogP contribution in [0.15, 0.2) is 54.6 Å². The first-order chi connectivity index (χ1) is 13.2. The van der Waals surface area contributed by atoms with E-state index in [1.54, 1.807) is 6.20 Å². The summed E-state index contributed by atoms with van der Waals surface area (Å²) in [4.78, 5) is 11.4. The molecule has 2 unspecified atom stereocenters. The van der Waals surface area contributed by atoms with Crippen LogP contribution in [0.25, 0.3) is 11.1 Å². The van der Waals surface area contributed by atoms with Crippen LogP contribution in [0.2, 0.25) is 0 Å². The van der Waals surface area contributed by atoms with Gasteiger partial charge in [0.1, 0.15) is 12.4 Å². The average Bonchev–Trinajstić information content (AvgIpc) is 3.13. The number of pyridine rings is 1. The summed E-state index contributed by atoms with van der Waals surface area (Å²) in [6.45, 7) is 4.54. The van der Waals surface area contributed by atoms with Crippen LogP contribution in [-0.4, -0.2) is 60.7 Å². The minimum Gasteiger partial charge on any atom is -0.629 e. The Morgan fingerprint density at radius 3 is 2.67 bits per heavy atom. The fourth-order valence-electron chi connectivity index (χ4n) is 4.14. The molecule has 5 rings (SSSR count). The van der Waals surface area contributed by atoms with Crippen LogP contribution < -0.4 is 15.3 Å². The predicted molar refractivity (Wildman–Crippen MR) is 105 cm³/mol. The largest absolute Gasteiger partial charge is 0.629 e. The molecule has 3 aliphatic rings. The van der Waals surface area contributed by atoms with Crippen LogP contribution in [0.5, 0.6) is 0 Å². The number of hydrogen-bond acceptors (Lipinski definition) is 6. The molecule has 2 atom stereocenters. The van der Waals surface area contributed by atoms with Gasteiger partial charge in [0.2, 0.25) is 0 Å². The van der Waals surface area contributed by atoms with Crippen LogP contribution in [0, 0.1) is 5.21 Å². The highest BCUT2D eigenvalue weighted by atomic mass is 16.5. The normalized spacial score (nSPS) is 24.9. The monoisotopic (exact) mass is 364 g/mol. The van der Waals surface area contributed by atoms with Gasteiger partial charge in [-0.1, -0.05) is 30.3 Å². The van der Waals surface area contributed by atoms with Crippen molar-refractivity contribution in [1.82, 2.24) is 20.1 Å². The molecular weight excluding hydrogens is 340 g/mol. The van der Waals surface area contributed by atoms with Crippen LogP contribution in [0.4, 0.5) is 11.5 Å². The minimum atomic E-state index is -0.0434. The molecule has 1 fully saturated rings. The topological polar surface area (TPSA) is 62.1 Å². The number of benzene rings is 1. The highest BCUT2D eigenvalue weighted by Crippen LogP contribution is 2.36. The second-order valence-corrected chi connectivity index (χ2v) is 7.42. The molecule has 0 spiro atoms. The van der Waals surface area contributed by atoms with Crippen molar-refractivity contribution >= 4 is 11.5 Å². The molecular formula is C20H24N6O. The lowest BCUT2D eigenvalue weighted by atomic mass is 10.0. The van der Waals surface area contributed by atoms with Crippen molar-refractivity contribution in [1.29, 1.82) is 0 Å². The molecule has 1 aromatic carbocycles. The number of likely N-dealkylation sites (N-methyl/N-ethyl adjacent to an activating group) is 1. The van der Waals surface area contributed by atoms with Gasteiger partial charge in [-0.3, -0.25) is 4.90 Å². The third-order valence-corrected chi connectivity index (χ3v) is 5.67. The number of aromatic nitrogens is 1. The first kappa shape index (κ1) is 16.6. The molecule has 1 aromatic heterocycles. The summed E-state index contributed by atoms with van der Waals surface area (Å²) in [5.74, 6) is 1.86. The van der Waals surface area contributed by atoms with Crippen molar-refractivity contribution in [3.05, 3.63) is 59.8 Å². The van der Waals surface area contributed by atoms with E-state index >= 15 is 0 Å². The lowest BCUT2D eigenvalue weighted by Crippen LogP contribution is -3.05. The molecule has 0 aliphatic carbocycles. The van der Waals surface area contributed by atoms with Crippen molar-refractivity contribution in [2.24, 2.45) is 0 Å². The Hall–Kier alpha value is -2.61. The number of nitrogens with one attached hydrogen (secondary N) is 2. The number of nitrogens with zero attached hydrogens (tertiary/aromatic N) is 4. The van der Waals surface area contributed by atoms with Crippen LogP contribution in [-0.2, 0) is 0 Å². The number of rotatable bonds is 2. The van der Waals surface area contributed by atoms with Gasteiger partial charge in [-0.15, -0.1) is 0 Å². The fraction of sp³-hybridized carbons (Fsp3) is 0.350. The van der Waals surface area contributed by atoms with Gasteiger partial charge in [-0.2, -0.15) is 0 Å². The van der Waals surface area contributed by atoms with E-state index in [1.807, 2.05) is 36.4 Å². The number of piperazine rings is 1. The zero-order valence-electron chi connectivity index (χ0n) is 15.4. The third-order valence-electron chi connectivity index (χ3n) is 5.67. The molecule has 27 heavy (non-hydrogen) atoms. The summed E-state index contributed by atoms with van der Waals surface area (Å²) >= 11 is 0.